The number of carbonyl (C=O) groups is 2. The van der Waals surface area contributed by atoms with Gasteiger partial charge in [-0.1, -0.05) is 6.92 Å². The van der Waals surface area contributed by atoms with Crippen LogP contribution in [0.4, 0.5) is 0 Å². The standard InChI is InChI=1S/C25H43NO15/c1-4-25(2,3)24(35)36-6-5-26-15(28)7-12-17(30)18(31)13(9-37-12)40-23-21(34)19(32)14(10-39-23)41-22-20(33)16(29)11(27)8-38-22/h11-14,16-23,27,29-34H,4-10H2,1-3H3,(H,26,28). The maximum Gasteiger partial charge on any atom is 0.311 e. The molecule has 3 fully saturated rings. The van der Waals surface area contributed by atoms with Crippen LogP contribution in [0.25, 0.3) is 0 Å². The Labute approximate surface area is 237 Å². The maximum absolute atomic E-state index is 12.3. The molecule has 0 aromatic rings. The molecule has 0 spiro atoms. The average molecular weight is 598 g/mol. The first-order chi connectivity index (χ1) is 19.3. The first-order valence-corrected chi connectivity index (χ1v) is 13.6. The van der Waals surface area contributed by atoms with Crippen molar-refractivity contribution < 1.29 is 73.8 Å². The summed E-state index contributed by atoms with van der Waals surface area (Å²) in [5, 5.41) is 74.0. The molecule has 0 saturated carbocycles. The van der Waals surface area contributed by atoms with E-state index in [0.29, 0.717) is 6.42 Å². The van der Waals surface area contributed by atoms with Crippen LogP contribution in [0.2, 0.25) is 0 Å². The molecule has 238 valence electrons. The van der Waals surface area contributed by atoms with Gasteiger partial charge in [-0.25, -0.2) is 0 Å². The van der Waals surface area contributed by atoms with Gasteiger partial charge in [-0.05, 0) is 20.3 Å². The number of hydrogen-bond donors (Lipinski definition) is 8. The summed E-state index contributed by atoms with van der Waals surface area (Å²) in [6.45, 7) is 4.47. The molecule has 16 nitrogen and oxygen atoms in total. The lowest BCUT2D eigenvalue weighted by Crippen LogP contribution is -2.61. The van der Waals surface area contributed by atoms with Crippen LogP contribution in [-0.4, -0.2) is 154 Å². The van der Waals surface area contributed by atoms with Crippen LogP contribution in [0.5, 0.6) is 0 Å². The van der Waals surface area contributed by atoms with Gasteiger partial charge in [-0.2, -0.15) is 0 Å². The molecule has 12 unspecified atom stereocenters. The summed E-state index contributed by atoms with van der Waals surface area (Å²) in [6.07, 6.45) is -16.8. The summed E-state index contributed by atoms with van der Waals surface area (Å²) in [5.41, 5.74) is -0.631. The van der Waals surface area contributed by atoms with Crippen LogP contribution in [0.3, 0.4) is 0 Å². The average Bonchev–Trinajstić information content (AvgIpc) is 2.94. The van der Waals surface area contributed by atoms with Crippen molar-refractivity contribution in [3.8, 4) is 0 Å². The fraction of sp³-hybridized carbons (Fsp3) is 0.920. The van der Waals surface area contributed by atoms with Gasteiger partial charge in [0.1, 0.15) is 61.5 Å². The Morgan fingerprint density at radius 3 is 1.93 bits per heavy atom. The smallest absolute Gasteiger partial charge is 0.311 e. The van der Waals surface area contributed by atoms with Gasteiger partial charge in [0, 0.05) is 0 Å². The van der Waals surface area contributed by atoms with Crippen LogP contribution in [0.15, 0.2) is 0 Å². The van der Waals surface area contributed by atoms with E-state index in [-0.39, 0.29) is 45.4 Å². The number of amides is 1. The predicted octanol–water partition coefficient (Wildman–Crippen LogP) is -4.12. The van der Waals surface area contributed by atoms with Crippen molar-refractivity contribution >= 4 is 11.9 Å². The SMILES string of the molecule is CCC(C)(C)C(=O)OCCNC(=O)CC1OCC(OC2OCC(OC3OCC(O)C(O)C3O)C(O)C2O)C(O)C1O. The zero-order valence-electron chi connectivity index (χ0n) is 23.3. The lowest BCUT2D eigenvalue weighted by atomic mass is 9.91. The van der Waals surface area contributed by atoms with E-state index in [1.165, 1.54) is 0 Å². The van der Waals surface area contributed by atoms with Crippen molar-refractivity contribution in [3.63, 3.8) is 0 Å². The third-order valence-electron chi connectivity index (χ3n) is 7.57. The highest BCUT2D eigenvalue weighted by molar-refractivity contribution is 5.77. The third-order valence-corrected chi connectivity index (χ3v) is 7.57. The summed E-state index contributed by atoms with van der Waals surface area (Å²) in [6, 6.07) is 0. The van der Waals surface area contributed by atoms with Gasteiger partial charge >= 0.3 is 5.97 Å². The van der Waals surface area contributed by atoms with E-state index in [1.807, 2.05) is 6.92 Å². The van der Waals surface area contributed by atoms with Gasteiger partial charge in [0.25, 0.3) is 0 Å². The molecule has 0 radical (unpaired) electrons. The minimum atomic E-state index is -1.69. The number of carbonyl (C=O) groups excluding carboxylic acids is 2. The van der Waals surface area contributed by atoms with Gasteiger partial charge in [-0.3, -0.25) is 9.59 Å². The summed E-state index contributed by atoms with van der Waals surface area (Å²) in [5.74, 6) is -0.879. The Balaban J connectivity index is 1.41. The molecule has 3 aliphatic rings. The third kappa shape index (κ3) is 8.52. The van der Waals surface area contributed by atoms with Gasteiger partial charge in [-0.15, -0.1) is 0 Å². The second-order valence-electron chi connectivity index (χ2n) is 11.1. The molecule has 0 aromatic heterocycles. The van der Waals surface area contributed by atoms with E-state index in [9.17, 15) is 45.3 Å². The molecule has 3 heterocycles. The molecule has 16 heteroatoms. The van der Waals surface area contributed by atoms with E-state index in [4.69, 9.17) is 28.4 Å². The first-order valence-electron chi connectivity index (χ1n) is 13.6. The van der Waals surface area contributed by atoms with E-state index in [0.717, 1.165) is 0 Å². The predicted molar refractivity (Wildman–Crippen MR) is 134 cm³/mol. The molecule has 1 amide bonds. The number of nitrogens with one attached hydrogen (secondary N) is 1. The lowest BCUT2D eigenvalue weighted by Gasteiger charge is -2.43. The fourth-order valence-electron chi connectivity index (χ4n) is 4.33. The molecule has 0 aromatic carbocycles. The molecular weight excluding hydrogens is 554 g/mol. The minimum Gasteiger partial charge on any atom is -0.463 e. The van der Waals surface area contributed by atoms with Crippen molar-refractivity contribution in [1.29, 1.82) is 0 Å². The number of aliphatic hydroxyl groups excluding tert-OH is 7. The number of ether oxygens (including phenoxy) is 6. The van der Waals surface area contributed by atoms with Crippen molar-refractivity contribution in [2.75, 3.05) is 33.0 Å². The fourth-order valence-corrected chi connectivity index (χ4v) is 4.33. The number of rotatable bonds is 11. The van der Waals surface area contributed by atoms with Crippen molar-refractivity contribution in [2.45, 2.75) is 107 Å². The summed E-state index contributed by atoms with van der Waals surface area (Å²) in [4.78, 5) is 24.2. The number of hydrogen-bond acceptors (Lipinski definition) is 15. The molecule has 3 saturated heterocycles. The van der Waals surface area contributed by atoms with Gasteiger partial charge in [0.2, 0.25) is 5.91 Å². The Bertz CT molecular complexity index is 861. The largest absolute Gasteiger partial charge is 0.463 e. The van der Waals surface area contributed by atoms with Gasteiger partial charge in [0.15, 0.2) is 12.6 Å². The van der Waals surface area contributed by atoms with Crippen LogP contribution >= 0.6 is 0 Å². The van der Waals surface area contributed by atoms with E-state index in [2.05, 4.69) is 5.32 Å². The first kappa shape index (κ1) is 34.0. The summed E-state index contributed by atoms with van der Waals surface area (Å²) >= 11 is 0. The van der Waals surface area contributed by atoms with Gasteiger partial charge in [0.05, 0.1) is 44.3 Å². The monoisotopic (exact) mass is 597 g/mol. The highest BCUT2D eigenvalue weighted by Gasteiger charge is 2.47. The Morgan fingerprint density at radius 1 is 0.780 bits per heavy atom. The number of esters is 1. The van der Waals surface area contributed by atoms with E-state index in [1.54, 1.807) is 13.8 Å². The van der Waals surface area contributed by atoms with Crippen LogP contribution < -0.4 is 5.32 Å². The molecule has 8 N–H and O–H groups in total. The summed E-state index contributed by atoms with van der Waals surface area (Å²) in [7, 11) is 0. The molecular formula is C25H43NO15. The highest BCUT2D eigenvalue weighted by atomic mass is 16.7. The molecule has 12 atom stereocenters. The topological polar surface area (TPSA) is 243 Å². The normalized spacial score (nSPS) is 40.1. The molecule has 41 heavy (non-hydrogen) atoms. The second kappa shape index (κ2) is 14.8. The van der Waals surface area contributed by atoms with E-state index >= 15 is 0 Å². The number of aliphatic hydroxyl groups is 7. The Morgan fingerprint density at radius 2 is 1.32 bits per heavy atom. The van der Waals surface area contributed by atoms with Crippen LogP contribution in [0.1, 0.15) is 33.6 Å². The molecule has 3 rings (SSSR count). The second-order valence-corrected chi connectivity index (χ2v) is 11.1. The molecule has 0 bridgehead atoms. The van der Waals surface area contributed by atoms with Crippen LogP contribution in [0, 0.1) is 5.41 Å². The van der Waals surface area contributed by atoms with Crippen molar-refractivity contribution in [3.05, 3.63) is 0 Å². The Kier molecular flexibility index (Phi) is 12.2. The maximum atomic E-state index is 12.3. The van der Waals surface area contributed by atoms with Crippen molar-refractivity contribution in [1.82, 2.24) is 5.32 Å². The van der Waals surface area contributed by atoms with E-state index < -0.39 is 84.9 Å². The quantitative estimate of drug-likeness (QED) is 0.0833. The van der Waals surface area contributed by atoms with Gasteiger partial charge < -0.3 is 69.5 Å². The zero-order chi connectivity index (χ0) is 30.5. The van der Waals surface area contributed by atoms with Crippen molar-refractivity contribution in [2.24, 2.45) is 5.41 Å². The lowest BCUT2D eigenvalue weighted by molar-refractivity contribution is -0.341. The highest BCUT2D eigenvalue weighted by Crippen LogP contribution is 2.27. The molecule has 3 aliphatic heterocycles. The zero-order valence-corrected chi connectivity index (χ0v) is 23.3. The van der Waals surface area contributed by atoms with Crippen LogP contribution in [-0.2, 0) is 38.0 Å². The Hall–Kier alpha value is -1.54. The summed E-state index contributed by atoms with van der Waals surface area (Å²) < 4.78 is 32.2. The molecule has 0 aliphatic carbocycles. The minimum absolute atomic E-state index is 0.0264.